The molecule has 0 radical (unpaired) electrons. The van der Waals surface area contributed by atoms with Crippen LogP contribution in [0.3, 0.4) is 0 Å². The maximum Gasteiger partial charge on any atom is 0.309 e. The standard InChI is InChI=1S/C3H5NO2.CH4N2O/c1-2-3-6-4-5;2-1(3)4/h2H,1,3H2;(H4,2,3,4). The zero-order valence-electron chi connectivity index (χ0n) is 5.32. The Balaban J connectivity index is 0. The van der Waals surface area contributed by atoms with Crippen LogP contribution in [0.5, 0.6) is 0 Å². The summed E-state index contributed by atoms with van der Waals surface area (Å²) >= 11 is 0. The van der Waals surface area contributed by atoms with E-state index >= 15 is 0 Å². The molecule has 0 rings (SSSR count). The highest BCUT2D eigenvalue weighted by Crippen LogP contribution is 1.70. The maximum atomic E-state index is 9.04. The van der Waals surface area contributed by atoms with Gasteiger partial charge in [0.2, 0.25) is 0 Å². The van der Waals surface area contributed by atoms with E-state index in [-0.39, 0.29) is 6.61 Å². The molecule has 0 unspecified atom stereocenters. The van der Waals surface area contributed by atoms with E-state index in [1.54, 1.807) is 0 Å². The second-order valence-corrected chi connectivity index (χ2v) is 1.06. The molecule has 0 saturated carbocycles. The van der Waals surface area contributed by atoms with E-state index in [1.807, 2.05) is 0 Å². The van der Waals surface area contributed by atoms with Crippen LogP contribution in [0.2, 0.25) is 0 Å². The molecule has 0 aromatic heterocycles. The van der Waals surface area contributed by atoms with Crippen LogP contribution in [0, 0.1) is 4.91 Å². The van der Waals surface area contributed by atoms with Crippen molar-refractivity contribution in [2.45, 2.75) is 0 Å². The van der Waals surface area contributed by atoms with Gasteiger partial charge >= 0.3 is 6.03 Å². The zero-order chi connectivity index (χ0) is 8.41. The van der Waals surface area contributed by atoms with Gasteiger partial charge in [-0.2, -0.15) is 0 Å². The van der Waals surface area contributed by atoms with Gasteiger partial charge in [0.15, 0.2) is 5.34 Å². The maximum absolute atomic E-state index is 9.04. The third kappa shape index (κ3) is 94.4. The van der Waals surface area contributed by atoms with Gasteiger partial charge in [0, 0.05) is 0 Å². The number of carbonyl (C=O) groups is 1. The Kier molecular flexibility index (Phi) is 11.7. The van der Waals surface area contributed by atoms with Gasteiger partial charge in [-0.05, 0) is 0 Å². The second kappa shape index (κ2) is 10.4. The van der Waals surface area contributed by atoms with E-state index in [9.17, 15) is 0 Å². The first-order valence-corrected chi connectivity index (χ1v) is 2.25. The minimum atomic E-state index is -0.833. The summed E-state index contributed by atoms with van der Waals surface area (Å²) in [6, 6.07) is -0.833. The number of rotatable bonds is 3. The lowest BCUT2D eigenvalue weighted by molar-refractivity contribution is 0.170. The van der Waals surface area contributed by atoms with Crippen LogP contribution in [0.1, 0.15) is 0 Å². The van der Waals surface area contributed by atoms with Crippen molar-refractivity contribution >= 4 is 6.03 Å². The Hall–Kier alpha value is -1.59. The molecule has 58 valence electrons. The summed E-state index contributed by atoms with van der Waals surface area (Å²) in [7, 11) is 0. The van der Waals surface area contributed by atoms with Crippen LogP contribution in [0.4, 0.5) is 4.79 Å². The number of amides is 2. The van der Waals surface area contributed by atoms with Crippen LogP contribution in [-0.4, -0.2) is 12.6 Å². The lowest BCUT2D eigenvalue weighted by Crippen LogP contribution is -2.18. The number of primary amides is 2. The predicted octanol–water partition coefficient (Wildman–Crippen LogP) is -0.106. The third-order valence-corrected chi connectivity index (χ3v) is 0.245. The topological polar surface area (TPSA) is 108 Å². The number of urea groups is 1. The lowest BCUT2D eigenvalue weighted by atomic mass is 10.7. The minimum Gasteiger partial charge on any atom is -0.360 e. The number of hydrogen-bond acceptors (Lipinski definition) is 4. The van der Waals surface area contributed by atoms with Gasteiger partial charge < -0.3 is 16.3 Å². The number of hydrogen-bond donors (Lipinski definition) is 2. The molecule has 0 aliphatic carbocycles. The van der Waals surface area contributed by atoms with Crippen molar-refractivity contribution in [2.24, 2.45) is 16.8 Å². The fourth-order valence-electron chi connectivity index (χ4n) is 0.0831. The summed E-state index contributed by atoms with van der Waals surface area (Å²) < 4.78 is 0. The molecular formula is C4H9N3O3. The molecule has 0 atom stereocenters. The molecular weight excluding hydrogens is 138 g/mol. The molecule has 0 saturated heterocycles. The second-order valence-electron chi connectivity index (χ2n) is 1.06. The Morgan fingerprint density at radius 3 is 2.20 bits per heavy atom. The lowest BCUT2D eigenvalue weighted by Gasteiger charge is -1.78. The van der Waals surface area contributed by atoms with Crippen LogP contribution in [0.15, 0.2) is 18.0 Å². The Labute approximate surface area is 57.8 Å². The average molecular weight is 147 g/mol. The van der Waals surface area contributed by atoms with Gasteiger partial charge in [0.1, 0.15) is 6.61 Å². The van der Waals surface area contributed by atoms with Crippen LogP contribution >= 0.6 is 0 Å². The Morgan fingerprint density at radius 1 is 1.70 bits per heavy atom. The molecule has 4 N–H and O–H groups in total. The average Bonchev–Trinajstić information content (AvgIpc) is 1.82. The smallest absolute Gasteiger partial charge is 0.309 e. The summed E-state index contributed by atoms with van der Waals surface area (Å²) in [5.74, 6) is 0. The third-order valence-electron chi connectivity index (χ3n) is 0.245. The van der Waals surface area contributed by atoms with E-state index in [2.05, 4.69) is 28.2 Å². The van der Waals surface area contributed by atoms with Crippen molar-refractivity contribution in [3.8, 4) is 0 Å². The molecule has 0 aromatic carbocycles. The number of nitrogens with zero attached hydrogens (tertiary/aromatic N) is 1. The SMILES string of the molecule is C=CCON=O.NC(N)=O. The van der Waals surface area contributed by atoms with Gasteiger partial charge in [-0.3, -0.25) is 0 Å². The minimum absolute atomic E-state index is 0.198. The summed E-state index contributed by atoms with van der Waals surface area (Å²) in [5, 5.41) is 2.10. The summed E-state index contributed by atoms with van der Waals surface area (Å²) in [5.41, 5.74) is 8.50. The summed E-state index contributed by atoms with van der Waals surface area (Å²) in [6.07, 6.45) is 1.45. The molecule has 2 amide bonds. The van der Waals surface area contributed by atoms with Crippen LogP contribution in [-0.2, 0) is 4.84 Å². The highest BCUT2D eigenvalue weighted by atomic mass is 16.7. The normalized spacial score (nSPS) is 6.40. The number of carbonyl (C=O) groups excluding carboxylic acids is 1. The monoisotopic (exact) mass is 147 g/mol. The van der Waals surface area contributed by atoms with Crippen molar-refractivity contribution in [2.75, 3.05) is 6.61 Å². The van der Waals surface area contributed by atoms with Crippen molar-refractivity contribution in [3.05, 3.63) is 17.6 Å². The molecule has 6 heteroatoms. The van der Waals surface area contributed by atoms with Gasteiger partial charge in [-0.25, -0.2) is 4.79 Å². The fraction of sp³-hybridized carbons (Fsp3) is 0.250. The first-order chi connectivity index (χ1) is 4.65. The molecule has 0 aliphatic heterocycles. The Morgan fingerprint density at radius 2 is 2.10 bits per heavy atom. The van der Waals surface area contributed by atoms with Gasteiger partial charge in [0.05, 0.1) is 0 Å². The molecule has 0 aliphatic rings. The van der Waals surface area contributed by atoms with E-state index in [1.165, 1.54) is 6.08 Å². The quantitative estimate of drug-likeness (QED) is 0.251. The van der Waals surface area contributed by atoms with Crippen molar-refractivity contribution in [1.29, 1.82) is 0 Å². The highest BCUT2D eigenvalue weighted by Gasteiger charge is 1.67. The zero-order valence-corrected chi connectivity index (χ0v) is 5.32. The summed E-state index contributed by atoms with van der Waals surface area (Å²) in [6.45, 7) is 3.47. The van der Waals surface area contributed by atoms with Crippen LogP contribution in [0.25, 0.3) is 0 Å². The molecule has 6 nitrogen and oxygen atoms in total. The highest BCUT2D eigenvalue weighted by molar-refractivity contribution is 5.69. The van der Waals surface area contributed by atoms with E-state index in [0.29, 0.717) is 0 Å². The molecule has 0 heterocycles. The number of nitrogens with two attached hydrogens (primary N) is 2. The van der Waals surface area contributed by atoms with Crippen LogP contribution < -0.4 is 11.5 Å². The molecule has 0 aromatic rings. The van der Waals surface area contributed by atoms with Gasteiger partial charge in [-0.1, -0.05) is 12.7 Å². The van der Waals surface area contributed by atoms with Gasteiger partial charge in [-0.15, -0.1) is 4.91 Å². The van der Waals surface area contributed by atoms with E-state index in [0.717, 1.165) is 0 Å². The van der Waals surface area contributed by atoms with Crippen molar-refractivity contribution in [3.63, 3.8) is 0 Å². The largest absolute Gasteiger partial charge is 0.360 e. The van der Waals surface area contributed by atoms with Crippen molar-refractivity contribution in [1.82, 2.24) is 0 Å². The van der Waals surface area contributed by atoms with E-state index < -0.39 is 6.03 Å². The molecule has 0 spiro atoms. The first kappa shape index (κ1) is 11.2. The van der Waals surface area contributed by atoms with E-state index in [4.69, 9.17) is 9.70 Å². The van der Waals surface area contributed by atoms with Crippen molar-refractivity contribution < 1.29 is 9.63 Å². The van der Waals surface area contributed by atoms with Gasteiger partial charge in [0.25, 0.3) is 0 Å². The molecule has 0 bridgehead atoms. The fourth-order valence-corrected chi connectivity index (χ4v) is 0.0831. The first-order valence-electron chi connectivity index (χ1n) is 2.25. The summed E-state index contributed by atoms with van der Waals surface area (Å²) in [4.78, 5) is 22.0. The molecule has 0 fully saturated rings. The Bertz CT molecular complexity index is 102. The predicted molar refractivity (Wildman–Crippen MR) is 35.7 cm³/mol. The molecule has 10 heavy (non-hydrogen) atoms.